The fourth-order valence-electron chi connectivity index (χ4n) is 1.59. The lowest BCUT2D eigenvalue weighted by Crippen LogP contribution is -2.15. The Morgan fingerprint density at radius 2 is 2.35 bits per heavy atom. The highest BCUT2D eigenvalue weighted by Gasteiger charge is 2.12. The van der Waals surface area contributed by atoms with E-state index in [0.29, 0.717) is 16.1 Å². The Kier molecular flexibility index (Phi) is 3.13. The van der Waals surface area contributed by atoms with Gasteiger partial charge in [-0.25, -0.2) is 14.3 Å². The Morgan fingerprint density at radius 3 is 3.15 bits per heavy atom. The zero-order valence-electron chi connectivity index (χ0n) is 10.1. The molecule has 0 saturated carbocycles. The largest absolute Gasteiger partial charge is 0.380 e. The number of hydrogen-bond acceptors (Lipinski definition) is 6. The van der Waals surface area contributed by atoms with Gasteiger partial charge in [-0.1, -0.05) is 11.2 Å². The molecule has 3 heterocycles. The number of hydrogen-bond donors (Lipinski definition) is 1. The van der Waals surface area contributed by atoms with Gasteiger partial charge in [0, 0.05) is 12.4 Å². The van der Waals surface area contributed by atoms with Crippen LogP contribution in [-0.4, -0.2) is 26.4 Å². The van der Waals surface area contributed by atoms with Crippen molar-refractivity contribution < 1.29 is 9.63 Å². The van der Waals surface area contributed by atoms with E-state index in [9.17, 15) is 4.79 Å². The second-order valence-electron chi connectivity index (χ2n) is 3.78. The van der Waals surface area contributed by atoms with Crippen molar-refractivity contribution >= 4 is 28.8 Å². The van der Waals surface area contributed by atoms with E-state index in [1.807, 2.05) is 0 Å². The zero-order valence-corrected chi connectivity index (χ0v) is 10.9. The molecule has 0 atom stereocenters. The fourth-order valence-corrected chi connectivity index (χ4v) is 2.18. The lowest BCUT2D eigenvalue weighted by molar-refractivity contribution is 0.0522. The van der Waals surface area contributed by atoms with Crippen LogP contribution in [0.5, 0.6) is 0 Å². The van der Waals surface area contributed by atoms with Gasteiger partial charge >= 0.3 is 5.97 Å². The molecule has 3 aromatic heterocycles. The topological polar surface area (TPSA) is 94.9 Å². The molecule has 2 N–H and O–H groups in total. The molecule has 0 unspecified atom stereocenters. The van der Waals surface area contributed by atoms with Crippen LogP contribution in [0.15, 0.2) is 47.3 Å². The molecule has 8 heteroatoms. The van der Waals surface area contributed by atoms with Crippen molar-refractivity contribution in [2.75, 3.05) is 0 Å². The summed E-state index contributed by atoms with van der Waals surface area (Å²) in [5.41, 5.74) is 6.84. The maximum absolute atomic E-state index is 11.6. The van der Waals surface area contributed by atoms with Crippen molar-refractivity contribution in [3.8, 4) is 0 Å². The van der Waals surface area contributed by atoms with Crippen LogP contribution in [0.2, 0.25) is 0 Å². The molecule has 100 valence electrons. The minimum atomic E-state index is -0.549. The predicted octanol–water partition coefficient (Wildman–Crippen LogP) is 1.27. The third kappa shape index (κ3) is 2.24. The number of fused-ring (bicyclic) bond motifs is 1. The molecule has 0 spiro atoms. The molecule has 0 aromatic carbocycles. The van der Waals surface area contributed by atoms with Crippen LogP contribution < -0.4 is 5.73 Å². The second kappa shape index (κ2) is 5.10. The van der Waals surface area contributed by atoms with Crippen molar-refractivity contribution in [2.45, 2.75) is 0 Å². The summed E-state index contributed by atoms with van der Waals surface area (Å²) < 4.78 is 1.55. The summed E-state index contributed by atoms with van der Waals surface area (Å²) in [6.07, 6.45) is 4.86. The highest BCUT2D eigenvalue weighted by molar-refractivity contribution is 7.11. The van der Waals surface area contributed by atoms with Crippen LogP contribution in [0.1, 0.15) is 15.2 Å². The van der Waals surface area contributed by atoms with Crippen LogP contribution in [0.3, 0.4) is 0 Å². The Bertz CT molecular complexity index is 778. The maximum Gasteiger partial charge on any atom is 0.375 e. The van der Waals surface area contributed by atoms with Gasteiger partial charge in [-0.05, 0) is 17.5 Å². The number of thiophene rings is 1. The number of carbonyl (C=O) groups excluding carboxylic acids is 1. The van der Waals surface area contributed by atoms with E-state index < -0.39 is 5.97 Å². The van der Waals surface area contributed by atoms with E-state index in [0.717, 1.165) is 0 Å². The van der Waals surface area contributed by atoms with Gasteiger partial charge in [0.1, 0.15) is 4.88 Å². The van der Waals surface area contributed by atoms with Crippen molar-refractivity contribution in [3.05, 3.63) is 52.6 Å². The fraction of sp³-hybridized carbons (Fsp3) is 0. The number of carbonyl (C=O) groups is 1. The molecule has 7 nitrogen and oxygen atoms in total. The summed E-state index contributed by atoms with van der Waals surface area (Å²) in [5, 5.41) is 9.48. The average Bonchev–Trinajstić information content (AvgIpc) is 3.13. The summed E-state index contributed by atoms with van der Waals surface area (Å²) in [4.78, 5) is 21.0. The number of nitrogens with zero attached hydrogens (tertiary/aromatic N) is 4. The van der Waals surface area contributed by atoms with Crippen LogP contribution >= 0.6 is 11.3 Å². The van der Waals surface area contributed by atoms with Crippen molar-refractivity contribution in [1.82, 2.24) is 14.6 Å². The van der Waals surface area contributed by atoms with E-state index in [1.54, 1.807) is 40.5 Å². The van der Waals surface area contributed by atoms with Crippen molar-refractivity contribution in [1.29, 1.82) is 0 Å². The summed E-state index contributed by atoms with van der Waals surface area (Å²) in [7, 11) is 0. The smallest absolute Gasteiger partial charge is 0.375 e. The van der Waals surface area contributed by atoms with E-state index in [4.69, 9.17) is 10.6 Å². The minimum Gasteiger partial charge on any atom is -0.380 e. The van der Waals surface area contributed by atoms with Gasteiger partial charge in [-0.15, -0.1) is 11.3 Å². The van der Waals surface area contributed by atoms with Crippen molar-refractivity contribution in [2.24, 2.45) is 10.9 Å². The molecule has 0 saturated heterocycles. The molecule has 0 radical (unpaired) electrons. The van der Waals surface area contributed by atoms with Gasteiger partial charge < -0.3 is 10.6 Å². The van der Waals surface area contributed by atoms with Crippen LogP contribution in [0, 0.1) is 0 Å². The standard InChI is InChI=1S/C12H9N5O2S/c13-10(16-19-12(18)9-3-1-6-20-9)8-7-15-17-5-2-4-14-11(8)17/h1-7H,(H2,13,16). The highest BCUT2D eigenvalue weighted by atomic mass is 32.1. The van der Waals surface area contributed by atoms with Crippen LogP contribution in [-0.2, 0) is 4.84 Å². The Labute approximate surface area is 117 Å². The molecule has 3 aromatic rings. The molecule has 0 fully saturated rings. The Balaban J connectivity index is 1.83. The van der Waals surface area contributed by atoms with Gasteiger partial charge in [0.15, 0.2) is 11.5 Å². The number of oxime groups is 1. The molecular weight excluding hydrogens is 278 g/mol. The summed E-state index contributed by atoms with van der Waals surface area (Å²) in [6.45, 7) is 0. The van der Waals surface area contributed by atoms with Gasteiger partial charge in [0.05, 0.1) is 11.8 Å². The van der Waals surface area contributed by atoms with E-state index >= 15 is 0 Å². The first-order valence-corrected chi connectivity index (χ1v) is 6.51. The van der Waals surface area contributed by atoms with Gasteiger partial charge in [-0.3, -0.25) is 0 Å². The minimum absolute atomic E-state index is 0.0450. The van der Waals surface area contributed by atoms with Gasteiger partial charge in [0.25, 0.3) is 0 Å². The molecule has 20 heavy (non-hydrogen) atoms. The zero-order chi connectivity index (χ0) is 13.9. The maximum atomic E-state index is 11.6. The summed E-state index contributed by atoms with van der Waals surface area (Å²) in [6, 6.07) is 5.15. The lowest BCUT2D eigenvalue weighted by Gasteiger charge is -1.98. The molecule has 3 rings (SSSR count). The van der Waals surface area contributed by atoms with Crippen LogP contribution in [0.4, 0.5) is 0 Å². The first-order chi connectivity index (χ1) is 9.75. The normalized spacial score (nSPS) is 11.7. The summed E-state index contributed by atoms with van der Waals surface area (Å²) >= 11 is 1.27. The number of amidine groups is 1. The SMILES string of the molecule is N/C(=N/OC(=O)c1cccs1)c1cnn2cccnc12. The Hall–Kier alpha value is -2.74. The number of rotatable bonds is 3. The third-order valence-electron chi connectivity index (χ3n) is 2.50. The second-order valence-corrected chi connectivity index (χ2v) is 4.73. The van der Waals surface area contributed by atoms with E-state index in [1.165, 1.54) is 17.5 Å². The lowest BCUT2D eigenvalue weighted by atomic mass is 10.3. The number of nitrogens with two attached hydrogens (primary N) is 1. The Morgan fingerprint density at radius 1 is 1.45 bits per heavy atom. The number of aromatic nitrogens is 3. The van der Waals surface area contributed by atoms with E-state index in [-0.39, 0.29) is 5.84 Å². The molecule has 0 aliphatic carbocycles. The quantitative estimate of drug-likeness (QED) is 0.339. The van der Waals surface area contributed by atoms with Crippen molar-refractivity contribution in [3.63, 3.8) is 0 Å². The molecule has 0 amide bonds. The predicted molar refractivity (Wildman–Crippen MR) is 73.4 cm³/mol. The third-order valence-corrected chi connectivity index (χ3v) is 3.35. The average molecular weight is 287 g/mol. The molecule has 0 aliphatic rings. The monoisotopic (exact) mass is 287 g/mol. The summed E-state index contributed by atoms with van der Waals surface area (Å²) in [5.74, 6) is -0.504. The van der Waals surface area contributed by atoms with Crippen LogP contribution in [0.25, 0.3) is 5.65 Å². The van der Waals surface area contributed by atoms with E-state index in [2.05, 4.69) is 15.2 Å². The molecular formula is C12H9N5O2S. The highest BCUT2D eigenvalue weighted by Crippen LogP contribution is 2.11. The molecule has 0 aliphatic heterocycles. The molecule has 0 bridgehead atoms. The first-order valence-electron chi connectivity index (χ1n) is 5.63. The van der Waals surface area contributed by atoms with Gasteiger partial charge in [0.2, 0.25) is 0 Å². The first kappa shape index (κ1) is 12.3. The van der Waals surface area contributed by atoms with Gasteiger partial charge in [-0.2, -0.15) is 5.10 Å².